The fourth-order valence-electron chi connectivity index (χ4n) is 1.31. The van der Waals surface area contributed by atoms with Gasteiger partial charge in [-0.05, 0) is 37.1 Å². The summed E-state index contributed by atoms with van der Waals surface area (Å²) in [5.41, 5.74) is 1.45. The van der Waals surface area contributed by atoms with Gasteiger partial charge < -0.3 is 9.84 Å². The van der Waals surface area contributed by atoms with Crippen molar-refractivity contribution in [3.8, 4) is 0 Å². The van der Waals surface area contributed by atoms with Crippen molar-refractivity contribution in [1.82, 2.24) is 0 Å². The molecule has 78 valence electrons. The normalized spacial score (nSPS) is 15.2. The van der Waals surface area contributed by atoms with E-state index in [-0.39, 0.29) is 11.9 Å². The van der Waals surface area contributed by atoms with E-state index in [0.717, 1.165) is 5.56 Å². The second-order valence-corrected chi connectivity index (χ2v) is 3.39. The van der Waals surface area contributed by atoms with E-state index >= 15 is 0 Å². The number of ether oxygens (including phenoxy) is 1. The maximum atomic E-state index is 12.9. The lowest BCUT2D eigenvalue weighted by atomic mass is 10.00. The highest BCUT2D eigenvalue weighted by Gasteiger charge is 2.17. The van der Waals surface area contributed by atoms with Crippen LogP contribution in [0.4, 0.5) is 4.39 Å². The Morgan fingerprint density at radius 2 is 2.07 bits per heavy atom. The Kier molecular flexibility index (Phi) is 3.61. The van der Waals surface area contributed by atoms with Crippen LogP contribution in [0.25, 0.3) is 0 Å². The number of rotatable bonds is 3. The number of aliphatic hydroxyl groups is 1. The molecule has 0 spiro atoms. The summed E-state index contributed by atoms with van der Waals surface area (Å²) in [5.74, 6) is -0.340. The van der Waals surface area contributed by atoms with E-state index in [1.54, 1.807) is 13.0 Å². The minimum Gasteiger partial charge on any atom is -0.386 e. The molecule has 1 aromatic rings. The molecule has 0 aromatic heterocycles. The van der Waals surface area contributed by atoms with E-state index < -0.39 is 6.10 Å². The van der Waals surface area contributed by atoms with Gasteiger partial charge in [0.25, 0.3) is 0 Å². The molecule has 0 heterocycles. The molecule has 3 heteroatoms. The van der Waals surface area contributed by atoms with Crippen LogP contribution in [-0.2, 0) is 4.74 Å². The van der Waals surface area contributed by atoms with Gasteiger partial charge in [-0.1, -0.05) is 6.07 Å². The Morgan fingerprint density at radius 1 is 1.43 bits per heavy atom. The van der Waals surface area contributed by atoms with Gasteiger partial charge in [-0.15, -0.1) is 0 Å². The maximum Gasteiger partial charge on any atom is 0.123 e. The molecule has 0 saturated carbocycles. The van der Waals surface area contributed by atoms with Crippen LogP contribution in [0.1, 0.15) is 24.2 Å². The number of methoxy groups -OCH3 is 1. The van der Waals surface area contributed by atoms with Gasteiger partial charge in [-0.2, -0.15) is 0 Å². The predicted molar refractivity (Wildman–Crippen MR) is 52.6 cm³/mol. The molecular formula is C11H15FO2. The summed E-state index contributed by atoms with van der Waals surface area (Å²) >= 11 is 0. The van der Waals surface area contributed by atoms with E-state index in [1.165, 1.54) is 19.2 Å². The minimum absolute atomic E-state index is 0.338. The molecule has 1 rings (SSSR count). The number of aryl methyl sites for hydroxylation is 1. The summed E-state index contributed by atoms with van der Waals surface area (Å²) in [7, 11) is 1.52. The Morgan fingerprint density at radius 3 is 2.64 bits per heavy atom. The largest absolute Gasteiger partial charge is 0.386 e. The van der Waals surface area contributed by atoms with Gasteiger partial charge in [0.2, 0.25) is 0 Å². The topological polar surface area (TPSA) is 29.5 Å². The number of benzene rings is 1. The predicted octanol–water partition coefficient (Wildman–Crippen LogP) is 2.20. The van der Waals surface area contributed by atoms with E-state index in [2.05, 4.69) is 0 Å². The summed E-state index contributed by atoms with van der Waals surface area (Å²) in [6, 6.07) is 4.37. The van der Waals surface area contributed by atoms with Crippen LogP contribution >= 0.6 is 0 Å². The van der Waals surface area contributed by atoms with Crippen LogP contribution in [0, 0.1) is 12.7 Å². The monoisotopic (exact) mass is 198 g/mol. The van der Waals surface area contributed by atoms with Crippen LogP contribution in [0.2, 0.25) is 0 Å². The van der Waals surface area contributed by atoms with Crippen molar-refractivity contribution in [3.63, 3.8) is 0 Å². The lowest BCUT2D eigenvalue weighted by Gasteiger charge is -2.19. The second kappa shape index (κ2) is 4.53. The van der Waals surface area contributed by atoms with Gasteiger partial charge in [-0.25, -0.2) is 4.39 Å². The fourth-order valence-corrected chi connectivity index (χ4v) is 1.31. The van der Waals surface area contributed by atoms with Crippen molar-refractivity contribution in [2.75, 3.05) is 7.11 Å². The van der Waals surface area contributed by atoms with Gasteiger partial charge in [0.05, 0.1) is 6.10 Å². The number of aliphatic hydroxyl groups excluding tert-OH is 1. The molecule has 2 nitrogen and oxygen atoms in total. The van der Waals surface area contributed by atoms with Crippen molar-refractivity contribution < 1.29 is 14.2 Å². The zero-order valence-electron chi connectivity index (χ0n) is 8.62. The lowest BCUT2D eigenvalue weighted by Crippen LogP contribution is -2.17. The van der Waals surface area contributed by atoms with Gasteiger partial charge >= 0.3 is 0 Å². The summed E-state index contributed by atoms with van der Waals surface area (Å²) in [4.78, 5) is 0. The highest BCUT2D eigenvalue weighted by atomic mass is 19.1. The first kappa shape index (κ1) is 11.1. The lowest BCUT2D eigenvalue weighted by molar-refractivity contribution is -0.00186. The van der Waals surface area contributed by atoms with Crippen LogP contribution < -0.4 is 0 Å². The molecule has 1 N–H and O–H groups in total. The Hall–Kier alpha value is -0.930. The zero-order valence-corrected chi connectivity index (χ0v) is 8.62. The molecule has 14 heavy (non-hydrogen) atoms. The third kappa shape index (κ3) is 2.30. The third-order valence-electron chi connectivity index (χ3n) is 2.38. The summed E-state index contributed by atoms with van der Waals surface area (Å²) < 4.78 is 17.9. The average molecular weight is 198 g/mol. The molecule has 2 unspecified atom stereocenters. The average Bonchev–Trinajstić information content (AvgIpc) is 2.19. The third-order valence-corrected chi connectivity index (χ3v) is 2.38. The van der Waals surface area contributed by atoms with Crippen LogP contribution in [0.3, 0.4) is 0 Å². The molecule has 0 amide bonds. The first-order valence-electron chi connectivity index (χ1n) is 4.53. The molecule has 2 atom stereocenters. The van der Waals surface area contributed by atoms with Crippen molar-refractivity contribution in [2.45, 2.75) is 26.1 Å². The van der Waals surface area contributed by atoms with Crippen molar-refractivity contribution in [2.24, 2.45) is 0 Å². The second-order valence-electron chi connectivity index (χ2n) is 3.39. The molecule has 0 aliphatic heterocycles. The van der Waals surface area contributed by atoms with Gasteiger partial charge in [-0.3, -0.25) is 0 Å². The zero-order chi connectivity index (χ0) is 10.7. The van der Waals surface area contributed by atoms with E-state index in [9.17, 15) is 9.50 Å². The first-order chi connectivity index (χ1) is 6.56. The SMILES string of the molecule is COC(C)C(O)c1cc(F)ccc1C. The van der Waals surface area contributed by atoms with E-state index in [4.69, 9.17) is 4.74 Å². The van der Waals surface area contributed by atoms with E-state index in [1.807, 2.05) is 6.92 Å². The van der Waals surface area contributed by atoms with Gasteiger partial charge in [0.1, 0.15) is 11.9 Å². The summed E-state index contributed by atoms with van der Waals surface area (Å²) in [5, 5.41) is 9.80. The molecule has 0 bridgehead atoms. The van der Waals surface area contributed by atoms with Crippen molar-refractivity contribution in [3.05, 3.63) is 35.1 Å². The molecule has 0 radical (unpaired) electrons. The molecule has 0 fully saturated rings. The highest BCUT2D eigenvalue weighted by molar-refractivity contribution is 5.29. The summed E-state index contributed by atoms with van der Waals surface area (Å²) in [6.07, 6.45) is -1.12. The molecule has 1 aromatic carbocycles. The van der Waals surface area contributed by atoms with E-state index in [0.29, 0.717) is 5.56 Å². The summed E-state index contributed by atoms with van der Waals surface area (Å²) in [6.45, 7) is 3.58. The van der Waals surface area contributed by atoms with Crippen LogP contribution in [0.15, 0.2) is 18.2 Å². The Labute approximate surface area is 83.3 Å². The molecular weight excluding hydrogens is 183 g/mol. The fraction of sp³-hybridized carbons (Fsp3) is 0.455. The highest BCUT2D eigenvalue weighted by Crippen LogP contribution is 2.22. The molecule has 0 aliphatic carbocycles. The molecule has 0 saturated heterocycles. The Balaban J connectivity index is 2.99. The van der Waals surface area contributed by atoms with Crippen molar-refractivity contribution >= 4 is 0 Å². The molecule has 0 aliphatic rings. The minimum atomic E-state index is -0.782. The number of halogens is 1. The quantitative estimate of drug-likeness (QED) is 0.806. The van der Waals surface area contributed by atoms with Gasteiger partial charge in [0, 0.05) is 7.11 Å². The standard InChI is InChI=1S/C11H15FO2/c1-7-4-5-9(12)6-10(7)11(13)8(2)14-3/h4-6,8,11,13H,1-3H3. The maximum absolute atomic E-state index is 12.9. The smallest absolute Gasteiger partial charge is 0.123 e. The van der Waals surface area contributed by atoms with Crippen LogP contribution in [0.5, 0.6) is 0 Å². The first-order valence-corrected chi connectivity index (χ1v) is 4.53. The van der Waals surface area contributed by atoms with Crippen LogP contribution in [-0.4, -0.2) is 18.3 Å². The number of hydrogen-bond donors (Lipinski definition) is 1. The Bertz CT molecular complexity index is 312. The van der Waals surface area contributed by atoms with Crippen molar-refractivity contribution in [1.29, 1.82) is 0 Å². The number of hydrogen-bond acceptors (Lipinski definition) is 2. The van der Waals surface area contributed by atoms with Gasteiger partial charge in [0.15, 0.2) is 0 Å².